The van der Waals surface area contributed by atoms with Crippen LogP contribution in [0.25, 0.3) is 5.57 Å². The second-order valence-electron chi connectivity index (χ2n) is 5.41. The lowest BCUT2D eigenvalue weighted by Crippen LogP contribution is -2.61. The number of hydrogen-bond donors (Lipinski definition) is 3. The number of aliphatic hydroxyl groups excluding tert-OH is 1. The third kappa shape index (κ3) is 1.95. The van der Waals surface area contributed by atoms with Gasteiger partial charge in [-0.25, -0.2) is 4.79 Å². The van der Waals surface area contributed by atoms with Crippen LogP contribution in [0.4, 0.5) is 0 Å². The highest BCUT2D eigenvalue weighted by molar-refractivity contribution is 7.15. The van der Waals surface area contributed by atoms with Gasteiger partial charge in [0.2, 0.25) is 5.91 Å². The highest BCUT2D eigenvalue weighted by atomic mass is 32.1. The van der Waals surface area contributed by atoms with Crippen LogP contribution in [0, 0.1) is 5.92 Å². The van der Waals surface area contributed by atoms with Gasteiger partial charge < -0.3 is 20.8 Å². The third-order valence-corrected chi connectivity index (χ3v) is 5.24. The summed E-state index contributed by atoms with van der Waals surface area (Å²) in [7, 11) is 0. The average Bonchev–Trinajstić information content (AvgIpc) is 2.99. The Labute approximate surface area is 129 Å². The Balaban J connectivity index is 2.01. The van der Waals surface area contributed by atoms with Gasteiger partial charge in [-0.3, -0.25) is 9.59 Å². The van der Waals surface area contributed by atoms with Gasteiger partial charge >= 0.3 is 5.97 Å². The van der Waals surface area contributed by atoms with Crippen LogP contribution in [0.3, 0.4) is 0 Å². The summed E-state index contributed by atoms with van der Waals surface area (Å²) in [5.41, 5.74) is 5.65. The summed E-state index contributed by atoms with van der Waals surface area (Å²) in [5.74, 6) is -2.72. The molecule has 2 aliphatic heterocycles. The molecule has 2 amide bonds. The molecule has 3 rings (SSSR count). The fraction of sp³-hybridized carbons (Fsp3) is 0.357. The molecular formula is C14H14N2O5S. The molecule has 4 N–H and O–H groups in total. The first-order valence-corrected chi connectivity index (χ1v) is 7.52. The van der Waals surface area contributed by atoms with E-state index in [-0.39, 0.29) is 17.6 Å². The number of primary amides is 1. The molecule has 1 aromatic heterocycles. The second kappa shape index (κ2) is 4.92. The number of fused-ring (bicyclic) bond motifs is 1. The molecule has 1 fully saturated rings. The van der Waals surface area contributed by atoms with Crippen LogP contribution in [0.15, 0.2) is 17.8 Å². The molecule has 116 valence electrons. The van der Waals surface area contributed by atoms with Crippen LogP contribution in [-0.4, -0.2) is 45.0 Å². The number of aliphatic hydroxyl groups is 1. The van der Waals surface area contributed by atoms with Crippen molar-refractivity contribution in [2.75, 3.05) is 0 Å². The summed E-state index contributed by atoms with van der Waals surface area (Å²) in [6.07, 6.45) is -0.477. The van der Waals surface area contributed by atoms with Gasteiger partial charge in [0.05, 0.1) is 22.9 Å². The summed E-state index contributed by atoms with van der Waals surface area (Å²) in [6.45, 7) is 1.52. The van der Waals surface area contributed by atoms with Gasteiger partial charge in [-0.05, 0) is 25.5 Å². The zero-order valence-electron chi connectivity index (χ0n) is 11.6. The number of thiophene rings is 1. The topological polar surface area (TPSA) is 121 Å². The maximum atomic E-state index is 12.1. The van der Waals surface area contributed by atoms with Crippen LogP contribution < -0.4 is 5.73 Å². The minimum absolute atomic E-state index is 0.0650. The van der Waals surface area contributed by atoms with E-state index in [1.807, 2.05) is 0 Å². The zero-order valence-corrected chi connectivity index (χ0v) is 12.5. The molecule has 7 nitrogen and oxygen atoms in total. The van der Waals surface area contributed by atoms with E-state index in [0.717, 1.165) is 11.3 Å². The Bertz CT molecular complexity index is 721. The van der Waals surface area contributed by atoms with Gasteiger partial charge in [0.1, 0.15) is 5.70 Å². The minimum Gasteiger partial charge on any atom is -0.477 e. The van der Waals surface area contributed by atoms with Crippen molar-refractivity contribution in [3.8, 4) is 0 Å². The molecule has 0 saturated carbocycles. The van der Waals surface area contributed by atoms with E-state index in [2.05, 4.69) is 0 Å². The summed E-state index contributed by atoms with van der Waals surface area (Å²) >= 11 is 1.11. The first-order chi connectivity index (χ1) is 10.3. The number of carbonyl (C=O) groups excluding carboxylic acids is 2. The van der Waals surface area contributed by atoms with Gasteiger partial charge in [-0.15, -0.1) is 11.3 Å². The average molecular weight is 322 g/mol. The Morgan fingerprint density at radius 3 is 2.64 bits per heavy atom. The van der Waals surface area contributed by atoms with Crippen molar-refractivity contribution in [2.24, 2.45) is 11.7 Å². The first kappa shape index (κ1) is 14.7. The summed E-state index contributed by atoms with van der Waals surface area (Å²) in [5, 5.41) is 19.1. The molecule has 0 spiro atoms. The molecule has 1 saturated heterocycles. The van der Waals surface area contributed by atoms with E-state index in [4.69, 9.17) is 5.73 Å². The molecule has 22 heavy (non-hydrogen) atoms. The van der Waals surface area contributed by atoms with E-state index >= 15 is 0 Å². The molecule has 0 aliphatic carbocycles. The van der Waals surface area contributed by atoms with Gasteiger partial charge in [-0.2, -0.15) is 0 Å². The lowest BCUT2D eigenvalue weighted by molar-refractivity contribution is -0.161. The lowest BCUT2D eigenvalue weighted by atomic mass is 9.83. The standard InChI is InChI=1S/C14H14N2O5S/c1-5(17)10-7-4-6(8-2-3-9(22-8)12(15)18)11(14(20)21)16(7)13(10)19/h2-3,5,7,10,17H,4H2,1H3,(H2,15,18)(H,20,21)/t5-,7?,10?/m1/s1. The smallest absolute Gasteiger partial charge is 0.352 e. The van der Waals surface area contributed by atoms with Crippen LogP contribution in [0.5, 0.6) is 0 Å². The second-order valence-corrected chi connectivity index (χ2v) is 6.49. The van der Waals surface area contributed by atoms with Crippen molar-refractivity contribution in [1.29, 1.82) is 0 Å². The highest BCUT2D eigenvalue weighted by Gasteiger charge is 2.56. The monoisotopic (exact) mass is 322 g/mol. The number of hydrogen-bond acceptors (Lipinski definition) is 5. The fourth-order valence-electron chi connectivity index (χ4n) is 3.12. The van der Waals surface area contributed by atoms with Crippen molar-refractivity contribution in [3.05, 3.63) is 27.6 Å². The maximum Gasteiger partial charge on any atom is 0.352 e. The van der Waals surface area contributed by atoms with Gasteiger partial charge in [0.25, 0.3) is 5.91 Å². The van der Waals surface area contributed by atoms with Crippen LogP contribution in [-0.2, 0) is 9.59 Å². The van der Waals surface area contributed by atoms with Gasteiger partial charge in [-0.1, -0.05) is 0 Å². The molecule has 2 aliphatic rings. The number of nitrogens with zero attached hydrogens (tertiary/aromatic N) is 1. The molecule has 0 aromatic carbocycles. The largest absolute Gasteiger partial charge is 0.477 e. The van der Waals surface area contributed by atoms with E-state index in [0.29, 0.717) is 21.7 Å². The first-order valence-electron chi connectivity index (χ1n) is 6.70. The number of amides is 2. The predicted molar refractivity (Wildman–Crippen MR) is 77.8 cm³/mol. The molecule has 3 heterocycles. The van der Waals surface area contributed by atoms with E-state index in [9.17, 15) is 24.6 Å². The summed E-state index contributed by atoms with van der Waals surface area (Å²) < 4.78 is 0. The molecule has 1 aromatic rings. The van der Waals surface area contributed by atoms with Crippen LogP contribution in [0.2, 0.25) is 0 Å². The highest BCUT2D eigenvalue weighted by Crippen LogP contribution is 2.47. The van der Waals surface area contributed by atoms with E-state index in [1.165, 1.54) is 11.8 Å². The predicted octanol–water partition coefficient (Wildman–Crippen LogP) is 0.254. The van der Waals surface area contributed by atoms with Crippen LogP contribution in [0.1, 0.15) is 27.9 Å². The van der Waals surface area contributed by atoms with Crippen molar-refractivity contribution in [3.63, 3.8) is 0 Å². The Kier molecular flexibility index (Phi) is 3.30. The zero-order chi connectivity index (χ0) is 16.2. The van der Waals surface area contributed by atoms with Crippen molar-refractivity contribution in [2.45, 2.75) is 25.5 Å². The quantitative estimate of drug-likeness (QED) is 0.686. The molecule has 0 radical (unpaired) electrons. The van der Waals surface area contributed by atoms with E-state index < -0.39 is 23.9 Å². The molecule has 3 atom stereocenters. The third-order valence-electron chi connectivity index (χ3n) is 4.08. The number of aliphatic carboxylic acids is 1. The van der Waals surface area contributed by atoms with Crippen molar-refractivity contribution >= 4 is 34.7 Å². The van der Waals surface area contributed by atoms with Crippen LogP contribution >= 0.6 is 11.3 Å². The number of β-lactam (4-membered cyclic amide) rings is 1. The molecular weight excluding hydrogens is 308 g/mol. The number of carbonyl (C=O) groups is 3. The number of carboxylic acid groups (broad SMARTS) is 1. The Morgan fingerprint density at radius 1 is 1.45 bits per heavy atom. The van der Waals surface area contributed by atoms with Gasteiger partial charge in [0, 0.05) is 10.5 Å². The lowest BCUT2D eigenvalue weighted by Gasteiger charge is -2.44. The summed E-state index contributed by atoms with van der Waals surface area (Å²) in [6, 6.07) is 2.84. The number of rotatable bonds is 4. The normalized spacial score (nSPS) is 25.0. The number of nitrogens with two attached hydrogens (primary N) is 1. The molecule has 8 heteroatoms. The van der Waals surface area contributed by atoms with Crippen molar-refractivity contribution in [1.82, 2.24) is 4.90 Å². The molecule has 0 bridgehead atoms. The molecule has 2 unspecified atom stereocenters. The minimum atomic E-state index is -1.19. The maximum absolute atomic E-state index is 12.1. The fourth-order valence-corrected chi connectivity index (χ4v) is 4.04. The number of carboxylic acids is 1. The SMILES string of the molecule is C[C@@H](O)C1C(=O)N2C(C(=O)O)=C(c3ccc(C(N)=O)s3)CC12. The summed E-state index contributed by atoms with van der Waals surface area (Å²) in [4.78, 5) is 37.0. The van der Waals surface area contributed by atoms with Gasteiger partial charge in [0.15, 0.2) is 0 Å². The van der Waals surface area contributed by atoms with E-state index in [1.54, 1.807) is 12.1 Å². The van der Waals surface area contributed by atoms with Crippen molar-refractivity contribution < 1.29 is 24.6 Å². The Hall–Kier alpha value is -2.19. The Morgan fingerprint density at radius 2 is 2.14 bits per heavy atom.